The molecule has 0 saturated carbocycles. The van der Waals surface area contributed by atoms with Crippen LogP contribution < -0.4 is 0 Å². The van der Waals surface area contributed by atoms with Gasteiger partial charge in [-0.1, -0.05) is 13.8 Å². The highest BCUT2D eigenvalue weighted by Gasteiger charge is 2.42. The molecule has 4 nitrogen and oxygen atoms in total. The predicted molar refractivity (Wildman–Crippen MR) is 58.4 cm³/mol. The summed E-state index contributed by atoms with van der Waals surface area (Å²) >= 11 is 0. The first-order valence-corrected chi connectivity index (χ1v) is 5.35. The first-order valence-electron chi connectivity index (χ1n) is 5.35. The standard InChI is InChI=1S/C11H20N2O2/c1-8(2)6-12-7-9(14)13(10(12)15)11(3,4)5/h8H,6-7H2,1-5H3. The van der Waals surface area contributed by atoms with Crippen LogP contribution in [0.5, 0.6) is 0 Å². The first kappa shape index (κ1) is 12.0. The third kappa shape index (κ3) is 2.49. The van der Waals surface area contributed by atoms with E-state index < -0.39 is 5.54 Å². The fraction of sp³-hybridized carbons (Fsp3) is 0.818. The number of hydrogen-bond acceptors (Lipinski definition) is 2. The van der Waals surface area contributed by atoms with Crippen molar-refractivity contribution in [3.05, 3.63) is 0 Å². The highest BCUT2D eigenvalue weighted by atomic mass is 16.2. The van der Waals surface area contributed by atoms with E-state index in [9.17, 15) is 9.59 Å². The van der Waals surface area contributed by atoms with Crippen LogP contribution in [0.1, 0.15) is 34.6 Å². The molecule has 86 valence electrons. The summed E-state index contributed by atoms with van der Waals surface area (Å²) < 4.78 is 0. The highest BCUT2D eigenvalue weighted by molar-refractivity contribution is 6.02. The van der Waals surface area contributed by atoms with E-state index in [1.807, 2.05) is 34.6 Å². The summed E-state index contributed by atoms with van der Waals surface area (Å²) in [6, 6.07) is -0.152. The SMILES string of the molecule is CC(C)CN1CC(=O)N(C(C)(C)C)C1=O. The van der Waals surface area contributed by atoms with Crippen LogP contribution >= 0.6 is 0 Å². The van der Waals surface area contributed by atoms with Crippen LogP contribution in [-0.2, 0) is 4.79 Å². The normalized spacial score (nSPS) is 18.3. The number of urea groups is 1. The summed E-state index contributed by atoms with van der Waals surface area (Å²) in [6.45, 7) is 10.6. The van der Waals surface area contributed by atoms with Crippen LogP contribution in [0, 0.1) is 5.92 Å². The third-order valence-electron chi connectivity index (χ3n) is 2.29. The molecular weight excluding hydrogens is 192 g/mol. The van der Waals surface area contributed by atoms with Crippen molar-refractivity contribution in [1.82, 2.24) is 9.80 Å². The highest BCUT2D eigenvalue weighted by Crippen LogP contribution is 2.22. The minimum atomic E-state index is -0.417. The number of carbonyl (C=O) groups is 2. The molecule has 0 aromatic heterocycles. The van der Waals surface area contributed by atoms with Crippen LogP contribution in [0.4, 0.5) is 4.79 Å². The fourth-order valence-corrected chi connectivity index (χ4v) is 1.79. The summed E-state index contributed by atoms with van der Waals surface area (Å²) in [5.74, 6) is 0.301. The molecule has 0 unspecified atom stereocenters. The van der Waals surface area contributed by atoms with Gasteiger partial charge in [-0.15, -0.1) is 0 Å². The molecule has 0 spiro atoms. The van der Waals surface area contributed by atoms with Gasteiger partial charge >= 0.3 is 6.03 Å². The second-order valence-corrected chi connectivity index (χ2v) is 5.46. The summed E-state index contributed by atoms with van der Waals surface area (Å²) in [4.78, 5) is 26.6. The van der Waals surface area contributed by atoms with Gasteiger partial charge in [0.05, 0.1) is 0 Å². The first-order chi connectivity index (χ1) is 6.73. The van der Waals surface area contributed by atoms with E-state index in [1.165, 1.54) is 4.90 Å². The van der Waals surface area contributed by atoms with Crippen LogP contribution in [-0.4, -0.2) is 40.4 Å². The van der Waals surface area contributed by atoms with Gasteiger partial charge in [0.1, 0.15) is 6.54 Å². The van der Waals surface area contributed by atoms with Crippen molar-refractivity contribution in [2.75, 3.05) is 13.1 Å². The fourth-order valence-electron chi connectivity index (χ4n) is 1.79. The summed E-state index contributed by atoms with van der Waals surface area (Å²) in [7, 11) is 0. The third-order valence-corrected chi connectivity index (χ3v) is 2.29. The van der Waals surface area contributed by atoms with Crippen LogP contribution in [0.25, 0.3) is 0 Å². The van der Waals surface area contributed by atoms with Gasteiger partial charge in [0, 0.05) is 12.1 Å². The number of carbonyl (C=O) groups excluding carboxylic acids is 2. The van der Waals surface area contributed by atoms with Gasteiger partial charge in [-0.25, -0.2) is 4.79 Å². The van der Waals surface area contributed by atoms with E-state index in [1.54, 1.807) is 4.90 Å². The molecular formula is C11H20N2O2. The average molecular weight is 212 g/mol. The molecule has 3 amide bonds. The number of nitrogens with zero attached hydrogens (tertiary/aromatic N) is 2. The van der Waals surface area contributed by atoms with E-state index in [-0.39, 0.29) is 18.5 Å². The Bertz CT molecular complexity index is 279. The molecule has 1 heterocycles. The molecule has 15 heavy (non-hydrogen) atoms. The van der Waals surface area contributed by atoms with Gasteiger partial charge in [-0.3, -0.25) is 9.69 Å². The van der Waals surface area contributed by atoms with Crippen molar-refractivity contribution in [3.63, 3.8) is 0 Å². The number of rotatable bonds is 2. The number of amides is 3. The maximum absolute atomic E-state index is 11.9. The molecule has 0 aliphatic carbocycles. The van der Waals surface area contributed by atoms with Crippen LogP contribution in [0.15, 0.2) is 0 Å². The van der Waals surface area contributed by atoms with Gasteiger partial charge in [-0.2, -0.15) is 0 Å². The van der Waals surface area contributed by atoms with E-state index in [0.717, 1.165) is 0 Å². The Balaban J connectivity index is 2.80. The molecule has 0 bridgehead atoms. The zero-order valence-electron chi connectivity index (χ0n) is 10.2. The Morgan fingerprint density at radius 2 is 1.80 bits per heavy atom. The average Bonchev–Trinajstić information content (AvgIpc) is 2.23. The van der Waals surface area contributed by atoms with Gasteiger partial charge in [-0.05, 0) is 26.7 Å². The molecule has 1 aliphatic rings. The lowest BCUT2D eigenvalue weighted by atomic mass is 10.1. The zero-order valence-corrected chi connectivity index (χ0v) is 10.2. The molecule has 1 aliphatic heterocycles. The zero-order chi connectivity index (χ0) is 11.8. The maximum Gasteiger partial charge on any atom is 0.327 e. The molecule has 0 radical (unpaired) electrons. The Hall–Kier alpha value is -1.06. The van der Waals surface area contributed by atoms with Gasteiger partial charge in [0.25, 0.3) is 5.91 Å². The maximum atomic E-state index is 11.9. The molecule has 4 heteroatoms. The summed E-state index contributed by atoms with van der Waals surface area (Å²) in [6.07, 6.45) is 0. The van der Waals surface area contributed by atoms with Crippen molar-refractivity contribution < 1.29 is 9.59 Å². The smallest absolute Gasteiger partial charge is 0.315 e. The predicted octanol–water partition coefficient (Wildman–Crippen LogP) is 1.71. The van der Waals surface area contributed by atoms with Gasteiger partial charge < -0.3 is 4.90 Å². The largest absolute Gasteiger partial charge is 0.327 e. The van der Waals surface area contributed by atoms with Crippen molar-refractivity contribution >= 4 is 11.9 Å². The minimum absolute atomic E-state index is 0.0897. The van der Waals surface area contributed by atoms with Crippen molar-refractivity contribution in [3.8, 4) is 0 Å². The number of hydrogen-bond donors (Lipinski definition) is 0. The van der Waals surface area contributed by atoms with Crippen molar-refractivity contribution in [1.29, 1.82) is 0 Å². The molecule has 1 rings (SSSR count). The lowest BCUT2D eigenvalue weighted by Gasteiger charge is -2.29. The second-order valence-electron chi connectivity index (χ2n) is 5.46. The van der Waals surface area contributed by atoms with E-state index >= 15 is 0 Å². The Labute approximate surface area is 91.2 Å². The molecule has 0 atom stereocenters. The van der Waals surface area contributed by atoms with E-state index in [0.29, 0.717) is 12.5 Å². The lowest BCUT2D eigenvalue weighted by Crippen LogP contribution is -2.46. The van der Waals surface area contributed by atoms with Crippen LogP contribution in [0.2, 0.25) is 0 Å². The second kappa shape index (κ2) is 3.83. The Morgan fingerprint density at radius 3 is 2.13 bits per heavy atom. The summed E-state index contributed by atoms with van der Waals surface area (Å²) in [5, 5.41) is 0. The molecule has 1 fully saturated rings. The molecule has 1 saturated heterocycles. The van der Waals surface area contributed by atoms with E-state index in [4.69, 9.17) is 0 Å². The Morgan fingerprint density at radius 1 is 1.27 bits per heavy atom. The monoisotopic (exact) mass is 212 g/mol. The summed E-state index contributed by atoms with van der Waals surface area (Å²) in [5.41, 5.74) is -0.417. The minimum Gasteiger partial charge on any atom is -0.315 e. The van der Waals surface area contributed by atoms with Crippen molar-refractivity contribution in [2.45, 2.75) is 40.2 Å². The van der Waals surface area contributed by atoms with E-state index in [2.05, 4.69) is 0 Å². The Kier molecular flexibility index (Phi) is 3.07. The van der Waals surface area contributed by atoms with Gasteiger partial charge in [0.2, 0.25) is 0 Å². The topological polar surface area (TPSA) is 40.6 Å². The lowest BCUT2D eigenvalue weighted by molar-refractivity contribution is -0.128. The van der Waals surface area contributed by atoms with Crippen LogP contribution in [0.3, 0.4) is 0 Å². The van der Waals surface area contributed by atoms with Crippen molar-refractivity contribution in [2.24, 2.45) is 5.92 Å². The molecule has 0 aromatic carbocycles. The van der Waals surface area contributed by atoms with Gasteiger partial charge in [0.15, 0.2) is 0 Å². The number of imide groups is 1. The molecule has 0 N–H and O–H groups in total. The molecule has 0 aromatic rings. The quantitative estimate of drug-likeness (QED) is 0.654.